The molecule has 32 heavy (non-hydrogen) atoms. The highest BCUT2D eigenvalue weighted by Crippen LogP contribution is 2.48. The van der Waals surface area contributed by atoms with E-state index in [4.69, 9.17) is 20.9 Å². The summed E-state index contributed by atoms with van der Waals surface area (Å²) in [6.07, 6.45) is 10.5. The maximum absolute atomic E-state index is 6.60. The second-order valence-corrected chi connectivity index (χ2v) is 9.59. The molecule has 2 aliphatic carbocycles. The fraction of sp³-hybridized carbons (Fsp3) is 0.440. The van der Waals surface area contributed by atoms with Crippen LogP contribution in [0.4, 0.5) is 5.82 Å². The predicted molar refractivity (Wildman–Crippen MR) is 125 cm³/mol. The molecule has 0 spiro atoms. The lowest BCUT2D eigenvalue weighted by Crippen LogP contribution is -2.32. The van der Waals surface area contributed by atoms with Gasteiger partial charge in [0, 0.05) is 23.4 Å². The van der Waals surface area contributed by atoms with E-state index in [1.165, 1.54) is 5.56 Å². The molecule has 4 N–H and O–H groups in total. The highest BCUT2D eigenvalue weighted by molar-refractivity contribution is 5.80. The van der Waals surface area contributed by atoms with E-state index in [-0.39, 0.29) is 17.6 Å². The Labute approximate surface area is 188 Å². The van der Waals surface area contributed by atoms with Gasteiger partial charge in [0.1, 0.15) is 23.6 Å². The van der Waals surface area contributed by atoms with Gasteiger partial charge in [-0.15, -0.1) is 0 Å². The fourth-order valence-electron chi connectivity index (χ4n) is 5.22. The third kappa shape index (κ3) is 3.50. The highest BCUT2D eigenvalue weighted by Gasteiger charge is 2.37. The summed E-state index contributed by atoms with van der Waals surface area (Å²) in [6.45, 7) is 4.40. The second kappa shape index (κ2) is 7.81. The highest BCUT2D eigenvalue weighted by atomic mass is 16.5. The molecule has 3 aromatic rings. The Hall–Kier alpha value is -3.06. The van der Waals surface area contributed by atoms with Crippen LogP contribution in [-0.2, 0) is 11.8 Å². The maximum atomic E-state index is 6.60. The number of nitrogens with two attached hydrogens (primary N) is 2. The first-order valence-corrected chi connectivity index (χ1v) is 11.3. The van der Waals surface area contributed by atoms with Crippen molar-refractivity contribution in [1.82, 2.24) is 14.5 Å². The average Bonchev–Trinajstić information content (AvgIpc) is 3.23. The van der Waals surface area contributed by atoms with Crippen LogP contribution in [0, 0.1) is 0 Å². The molecule has 2 aromatic heterocycles. The molecule has 2 heterocycles. The molecule has 7 nitrogen and oxygen atoms in total. The summed E-state index contributed by atoms with van der Waals surface area (Å²) in [4.78, 5) is 8.91. The van der Waals surface area contributed by atoms with E-state index < -0.39 is 0 Å². The van der Waals surface area contributed by atoms with Gasteiger partial charge in [-0.2, -0.15) is 0 Å². The van der Waals surface area contributed by atoms with Crippen LogP contribution in [0.2, 0.25) is 0 Å². The molecule has 1 saturated carbocycles. The monoisotopic (exact) mass is 433 g/mol. The van der Waals surface area contributed by atoms with Gasteiger partial charge in [0.25, 0.3) is 0 Å². The lowest BCUT2D eigenvalue weighted by Gasteiger charge is -2.36. The number of benzene rings is 1. The van der Waals surface area contributed by atoms with Crippen LogP contribution >= 0.6 is 0 Å². The Morgan fingerprint density at radius 2 is 1.88 bits per heavy atom. The molecule has 0 amide bonds. The standard InChI is InChI=1S/C25H31N5O2/c1-25(2)12-19-18(22-21(25)24(27)29-14-28-22)8-9-20(32-16-6-4-15(26)5-7-16)23(19)30-11-10-17(13-30)31-3/h8-11,13-16H,4-7,12,26H2,1-3H3,(H2,27,28,29). The van der Waals surface area contributed by atoms with E-state index in [1.54, 1.807) is 13.4 Å². The third-order valence-corrected chi connectivity index (χ3v) is 6.85. The van der Waals surface area contributed by atoms with Gasteiger partial charge in [-0.3, -0.25) is 0 Å². The Kier molecular flexibility index (Phi) is 5.08. The first kappa shape index (κ1) is 20.8. The molecule has 0 atom stereocenters. The van der Waals surface area contributed by atoms with Gasteiger partial charge in [0.05, 0.1) is 30.8 Å². The Morgan fingerprint density at radius 3 is 2.59 bits per heavy atom. The number of rotatable bonds is 4. The van der Waals surface area contributed by atoms with Gasteiger partial charge in [-0.25, -0.2) is 9.97 Å². The first-order chi connectivity index (χ1) is 15.4. The lowest BCUT2D eigenvalue weighted by atomic mass is 9.71. The minimum atomic E-state index is -0.212. The van der Waals surface area contributed by atoms with Gasteiger partial charge < -0.3 is 25.5 Å². The normalized spacial score (nSPS) is 21.5. The van der Waals surface area contributed by atoms with Crippen molar-refractivity contribution in [3.63, 3.8) is 0 Å². The molecule has 0 aliphatic heterocycles. The summed E-state index contributed by atoms with van der Waals surface area (Å²) in [5.41, 5.74) is 17.4. The fourth-order valence-corrected chi connectivity index (χ4v) is 5.22. The van der Waals surface area contributed by atoms with Crippen LogP contribution in [0.15, 0.2) is 36.9 Å². The van der Waals surface area contributed by atoms with Crippen molar-refractivity contribution in [1.29, 1.82) is 0 Å². The van der Waals surface area contributed by atoms with Gasteiger partial charge in [-0.1, -0.05) is 13.8 Å². The summed E-state index contributed by atoms with van der Waals surface area (Å²) in [5.74, 6) is 2.23. The predicted octanol–water partition coefficient (Wildman–Crippen LogP) is 4.01. The lowest BCUT2D eigenvalue weighted by molar-refractivity contribution is 0.147. The van der Waals surface area contributed by atoms with Crippen molar-refractivity contribution in [2.75, 3.05) is 12.8 Å². The molecule has 2 aliphatic rings. The number of aromatic nitrogens is 3. The van der Waals surface area contributed by atoms with Gasteiger partial charge in [0.2, 0.25) is 0 Å². The zero-order valence-electron chi connectivity index (χ0n) is 19.0. The quantitative estimate of drug-likeness (QED) is 0.645. The van der Waals surface area contributed by atoms with Crippen LogP contribution in [0.1, 0.15) is 50.7 Å². The van der Waals surface area contributed by atoms with Gasteiger partial charge >= 0.3 is 0 Å². The van der Waals surface area contributed by atoms with E-state index in [0.717, 1.165) is 66.1 Å². The van der Waals surface area contributed by atoms with E-state index in [2.05, 4.69) is 40.5 Å². The molecule has 1 aromatic carbocycles. The number of hydrogen-bond donors (Lipinski definition) is 2. The third-order valence-electron chi connectivity index (χ3n) is 6.85. The Morgan fingerprint density at radius 1 is 1.09 bits per heavy atom. The summed E-state index contributed by atoms with van der Waals surface area (Å²) in [6, 6.07) is 6.43. The number of fused-ring (bicyclic) bond motifs is 3. The number of nitrogens with zero attached hydrogens (tertiary/aromatic N) is 3. The topological polar surface area (TPSA) is 101 Å². The number of methoxy groups -OCH3 is 1. The molecular formula is C25H31N5O2. The van der Waals surface area contributed by atoms with E-state index >= 15 is 0 Å². The van der Waals surface area contributed by atoms with E-state index in [0.29, 0.717) is 5.82 Å². The van der Waals surface area contributed by atoms with Gasteiger partial charge in [0.15, 0.2) is 0 Å². The van der Waals surface area contributed by atoms with Crippen LogP contribution in [0.3, 0.4) is 0 Å². The molecular weight excluding hydrogens is 402 g/mol. The van der Waals surface area contributed by atoms with Crippen LogP contribution in [0.25, 0.3) is 16.9 Å². The molecule has 5 rings (SSSR count). The van der Waals surface area contributed by atoms with Crippen molar-refractivity contribution >= 4 is 5.82 Å². The maximum Gasteiger partial charge on any atom is 0.144 e. The number of hydrogen-bond acceptors (Lipinski definition) is 6. The van der Waals surface area contributed by atoms with Crippen LogP contribution in [0.5, 0.6) is 11.5 Å². The van der Waals surface area contributed by atoms with Crippen molar-refractivity contribution in [2.24, 2.45) is 5.73 Å². The number of ether oxygens (including phenoxy) is 2. The molecule has 1 fully saturated rings. The van der Waals surface area contributed by atoms with E-state index in [9.17, 15) is 0 Å². The van der Waals surface area contributed by atoms with Crippen molar-refractivity contribution in [3.8, 4) is 28.4 Å². The van der Waals surface area contributed by atoms with Crippen LogP contribution < -0.4 is 20.9 Å². The molecule has 7 heteroatoms. The van der Waals surface area contributed by atoms with E-state index in [1.807, 2.05) is 18.5 Å². The SMILES string of the molecule is COc1ccn(-c2c(OC3CCC(N)CC3)ccc3c2CC(C)(C)c2c(N)ncnc2-3)c1. The first-order valence-electron chi connectivity index (χ1n) is 11.3. The van der Waals surface area contributed by atoms with Crippen molar-refractivity contribution < 1.29 is 9.47 Å². The zero-order chi connectivity index (χ0) is 22.5. The largest absolute Gasteiger partial charge is 0.495 e. The summed E-state index contributed by atoms with van der Waals surface area (Å²) in [7, 11) is 1.68. The Bertz CT molecular complexity index is 1150. The van der Waals surface area contributed by atoms with Crippen molar-refractivity contribution in [3.05, 3.63) is 48.0 Å². The summed E-state index contributed by atoms with van der Waals surface area (Å²) in [5, 5.41) is 0. The number of nitrogen functional groups attached to an aromatic ring is 1. The molecule has 168 valence electrons. The Balaban J connectivity index is 1.67. The van der Waals surface area contributed by atoms with Gasteiger partial charge in [-0.05, 0) is 61.3 Å². The van der Waals surface area contributed by atoms with Crippen molar-refractivity contribution in [2.45, 2.75) is 63.5 Å². The molecule has 0 unspecified atom stereocenters. The minimum Gasteiger partial charge on any atom is -0.495 e. The number of anilines is 1. The molecule has 0 bridgehead atoms. The second-order valence-electron chi connectivity index (χ2n) is 9.59. The average molecular weight is 434 g/mol. The summed E-state index contributed by atoms with van der Waals surface area (Å²) < 4.78 is 14.2. The summed E-state index contributed by atoms with van der Waals surface area (Å²) >= 11 is 0. The molecule has 0 saturated heterocycles. The zero-order valence-corrected chi connectivity index (χ0v) is 19.0. The molecule has 0 radical (unpaired) electrons. The van der Waals surface area contributed by atoms with Crippen LogP contribution in [-0.4, -0.2) is 33.8 Å². The smallest absolute Gasteiger partial charge is 0.144 e. The minimum absolute atomic E-state index is 0.172.